The van der Waals surface area contributed by atoms with Gasteiger partial charge in [0.2, 0.25) is 0 Å². The molecule has 0 saturated carbocycles. The fraction of sp³-hybridized carbons (Fsp3) is 0.733. The van der Waals surface area contributed by atoms with Crippen molar-refractivity contribution in [3.8, 4) is 0 Å². The van der Waals surface area contributed by atoms with Crippen LogP contribution in [-0.4, -0.2) is 46.4 Å². The van der Waals surface area contributed by atoms with Gasteiger partial charge >= 0.3 is 6.09 Å². The van der Waals surface area contributed by atoms with Crippen molar-refractivity contribution in [2.75, 3.05) is 19.6 Å². The molecule has 1 fully saturated rings. The number of carbonyl (C=O) groups is 1. The van der Waals surface area contributed by atoms with Crippen LogP contribution >= 0.6 is 0 Å². The standard InChI is InChI=1S/C15H26N4O2/c1-15(2,3)21-14(20)19-6-4-12(5-7-19)8-16-9-13-10-17-18-11-13/h10-12,16H,4-9H2,1-3H3,(H,17,18). The third-order valence-electron chi connectivity index (χ3n) is 3.58. The topological polar surface area (TPSA) is 70.2 Å². The number of aromatic nitrogens is 2. The van der Waals surface area contributed by atoms with Gasteiger partial charge in [0.1, 0.15) is 5.60 Å². The second-order valence-corrected chi connectivity index (χ2v) is 6.65. The second-order valence-electron chi connectivity index (χ2n) is 6.65. The molecule has 118 valence electrons. The van der Waals surface area contributed by atoms with Crippen LogP contribution < -0.4 is 5.32 Å². The maximum atomic E-state index is 12.0. The number of hydrogen-bond acceptors (Lipinski definition) is 4. The van der Waals surface area contributed by atoms with Gasteiger partial charge in [-0.2, -0.15) is 5.10 Å². The van der Waals surface area contributed by atoms with E-state index in [2.05, 4.69) is 15.5 Å². The summed E-state index contributed by atoms with van der Waals surface area (Å²) in [5.74, 6) is 0.621. The van der Waals surface area contributed by atoms with Crippen molar-refractivity contribution < 1.29 is 9.53 Å². The van der Waals surface area contributed by atoms with Crippen molar-refractivity contribution in [3.63, 3.8) is 0 Å². The van der Waals surface area contributed by atoms with Gasteiger partial charge in [-0.1, -0.05) is 0 Å². The van der Waals surface area contributed by atoms with Gasteiger partial charge in [-0.15, -0.1) is 0 Å². The molecule has 0 aromatic carbocycles. The number of rotatable bonds is 4. The Labute approximate surface area is 126 Å². The molecule has 21 heavy (non-hydrogen) atoms. The van der Waals surface area contributed by atoms with E-state index in [1.807, 2.05) is 38.1 Å². The predicted octanol–water partition coefficient (Wildman–Crippen LogP) is 2.15. The van der Waals surface area contributed by atoms with E-state index in [0.29, 0.717) is 5.92 Å². The lowest BCUT2D eigenvalue weighted by atomic mass is 9.97. The highest BCUT2D eigenvalue weighted by Crippen LogP contribution is 2.19. The molecule has 0 spiro atoms. The summed E-state index contributed by atoms with van der Waals surface area (Å²) >= 11 is 0. The van der Waals surface area contributed by atoms with E-state index in [4.69, 9.17) is 4.74 Å². The summed E-state index contributed by atoms with van der Waals surface area (Å²) in [4.78, 5) is 13.8. The second kappa shape index (κ2) is 6.93. The van der Waals surface area contributed by atoms with Crippen LogP contribution in [0.2, 0.25) is 0 Å². The van der Waals surface area contributed by atoms with Gasteiger partial charge < -0.3 is 15.0 Å². The Morgan fingerprint density at radius 1 is 1.48 bits per heavy atom. The van der Waals surface area contributed by atoms with Crippen molar-refractivity contribution >= 4 is 6.09 Å². The van der Waals surface area contributed by atoms with Crippen molar-refractivity contribution in [3.05, 3.63) is 18.0 Å². The minimum atomic E-state index is -0.417. The van der Waals surface area contributed by atoms with Crippen LogP contribution in [-0.2, 0) is 11.3 Å². The van der Waals surface area contributed by atoms with Crippen molar-refractivity contribution in [2.45, 2.75) is 45.8 Å². The summed E-state index contributed by atoms with van der Waals surface area (Å²) in [6, 6.07) is 0. The fourth-order valence-corrected chi connectivity index (χ4v) is 2.44. The zero-order valence-electron chi connectivity index (χ0n) is 13.2. The number of carbonyl (C=O) groups excluding carboxylic acids is 1. The van der Waals surface area contributed by atoms with Crippen molar-refractivity contribution in [2.24, 2.45) is 5.92 Å². The van der Waals surface area contributed by atoms with Crippen LogP contribution in [0.5, 0.6) is 0 Å². The van der Waals surface area contributed by atoms with Crippen LogP contribution in [0.15, 0.2) is 12.4 Å². The van der Waals surface area contributed by atoms with E-state index in [-0.39, 0.29) is 6.09 Å². The lowest BCUT2D eigenvalue weighted by Gasteiger charge is -2.33. The number of nitrogens with zero attached hydrogens (tertiary/aromatic N) is 2. The van der Waals surface area contributed by atoms with Crippen LogP contribution in [0.1, 0.15) is 39.2 Å². The number of ether oxygens (including phenoxy) is 1. The summed E-state index contributed by atoms with van der Waals surface area (Å²) in [7, 11) is 0. The Kier molecular flexibility index (Phi) is 5.22. The molecule has 2 N–H and O–H groups in total. The molecule has 6 nitrogen and oxygen atoms in total. The monoisotopic (exact) mass is 294 g/mol. The summed E-state index contributed by atoms with van der Waals surface area (Å²) in [5.41, 5.74) is 0.751. The lowest BCUT2D eigenvalue weighted by Crippen LogP contribution is -2.43. The SMILES string of the molecule is CC(C)(C)OC(=O)N1CCC(CNCc2cn[nH]c2)CC1. The first-order valence-electron chi connectivity index (χ1n) is 7.60. The number of piperidine rings is 1. The van der Waals surface area contributed by atoms with E-state index in [1.54, 1.807) is 0 Å². The highest BCUT2D eigenvalue weighted by Gasteiger charge is 2.26. The van der Waals surface area contributed by atoms with Gasteiger partial charge in [0.15, 0.2) is 0 Å². The Bertz CT molecular complexity index is 431. The molecule has 1 saturated heterocycles. The number of nitrogens with one attached hydrogen (secondary N) is 2. The van der Waals surface area contributed by atoms with Gasteiger partial charge in [-0.05, 0) is 46.1 Å². The summed E-state index contributed by atoms with van der Waals surface area (Å²) in [6.07, 6.45) is 5.60. The van der Waals surface area contributed by atoms with Crippen molar-refractivity contribution in [1.82, 2.24) is 20.4 Å². The largest absolute Gasteiger partial charge is 0.444 e. The van der Waals surface area contributed by atoms with E-state index < -0.39 is 5.60 Å². The first-order valence-corrected chi connectivity index (χ1v) is 7.60. The zero-order valence-corrected chi connectivity index (χ0v) is 13.2. The predicted molar refractivity (Wildman–Crippen MR) is 80.8 cm³/mol. The molecule has 2 heterocycles. The maximum Gasteiger partial charge on any atom is 0.410 e. The smallest absolute Gasteiger partial charge is 0.410 e. The van der Waals surface area contributed by atoms with Gasteiger partial charge in [0.25, 0.3) is 0 Å². The molecule has 0 aliphatic carbocycles. The molecule has 2 rings (SSSR count). The first kappa shape index (κ1) is 15.8. The lowest BCUT2D eigenvalue weighted by molar-refractivity contribution is 0.0184. The van der Waals surface area contributed by atoms with E-state index in [1.165, 1.54) is 5.56 Å². The number of aromatic amines is 1. The maximum absolute atomic E-state index is 12.0. The molecule has 0 atom stereocenters. The molecule has 1 aliphatic rings. The molecule has 1 amide bonds. The number of amides is 1. The Morgan fingerprint density at radius 2 is 2.19 bits per heavy atom. The van der Waals surface area contributed by atoms with E-state index in [0.717, 1.165) is 39.0 Å². The van der Waals surface area contributed by atoms with Crippen LogP contribution in [0.25, 0.3) is 0 Å². The summed E-state index contributed by atoms with van der Waals surface area (Å²) < 4.78 is 5.40. The van der Waals surface area contributed by atoms with Crippen molar-refractivity contribution in [1.29, 1.82) is 0 Å². The third kappa shape index (κ3) is 5.38. The molecule has 1 aromatic heterocycles. The zero-order chi connectivity index (χ0) is 15.3. The average molecular weight is 294 g/mol. The third-order valence-corrected chi connectivity index (χ3v) is 3.58. The number of H-pyrrole nitrogens is 1. The van der Waals surface area contributed by atoms with Crippen LogP contribution in [0.4, 0.5) is 4.79 Å². The molecule has 1 aliphatic heterocycles. The van der Waals surface area contributed by atoms with Gasteiger partial charge in [-0.3, -0.25) is 5.10 Å². The minimum absolute atomic E-state index is 0.188. The fourth-order valence-electron chi connectivity index (χ4n) is 2.44. The Balaban J connectivity index is 1.65. The normalized spacial score (nSPS) is 17.0. The number of hydrogen-bond donors (Lipinski definition) is 2. The summed E-state index contributed by atoms with van der Waals surface area (Å²) in [6.45, 7) is 9.09. The minimum Gasteiger partial charge on any atom is -0.444 e. The van der Waals surface area contributed by atoms with Crippen LogP contribution in [0.3, 0.4) is 0 Å². The molecule has 0 bridgehead atoms. The number of likely N-dealkylation sites (tertiary alicyclic amines) is 1. The highest BCUT2D eigenvalue weighted by atomic mass is 16.6. The first-order chi connectivity index (χ1) is 9.94. The molecular formula is C15H26N4O2. The molecule has 0 radical (unpaired) electrons. The van der Waals surface area contributed by atoms with Gasteiger partial charge in [-0.25, -0.2) is 4.79 Å². The Hall–Kier alpha value is -1.56. The quantitative estimate of drug-likeness (QED) is 0.892. The molecular weight excluding hydrogens is 268 g/mol. The van der Waals surface area contributed by atoms with Crippen LogP contribution in [0, 0.1) is 5.92 Å². The average Bonchev–Trinajstić information content (AvgIpc) is 2.91. The molecule has 0 unspecified atom stereocenters. The van der Waals surface area contributed by atoms with Gasteiger partial charge in [0, 0.05) is 31.4 Å². The Morgan fingerprint density at radius 3 is 2.76 bits per heavy atom. The summed E-state index contributed by atoms with van der Waals surface area (Å²) in [5, 5.41) is 10.2. The highest BCUT2D eigenvalue weighted by molar-refractivity contribution is 5.68. The van der Waals surface area contributed by atoms with E-state index >= 15 is 0 Å². The van der Waals surface area contributed by atoms with E-state index in [9.17, 15) is 4.79 Å². The molecule has 1 aromatic rings. The van der Waals surface area contributed by atoms with Gasteiger partial charge in [0.05, 0.1) is 6.20 Å². The molecule has 6 heteroatoms.